The van der Waals surface area contributed by atoms with Gasteiger partial charge in [-0.2, -0.15) is 0 Å². The Bertz CT molecular complexity index is 767. The highest BCUT2D eigenvalue weighted by Crippen LogP contribution is 2.20. The Hall–Kier alpha value is -2.13. The van der Waals surface area contributed by atoms with Gasteiger partial charge in [0.15, 0.2) is 9.84 Å². The second-order valence-corrected chi connectivity index (χ2v) is 6.67. The number of H-pyrrole nitrogens is 1. The SMILES string of the molecule is COC(=O)Nc1nc2ccc(S(=O)(=O)CC(C)N)cc2[nH]1. The Morgan fingerprint density at radius 2 is 2.24 bits per heavy atom. The van der Waals surface area contributed by atoms with Crippen LogP contribution in [0.4, 0.5) is 10.7 Å². The highest BCUT2D eigenvalue weighted by molar-refractivity contribution is 7.91. The molecule has 1 unspecified atom stereocenters. The molecule has 4 N–H and O–H groups in total. The lowest BCUT2D eigenvalue weighted by Crippen LogP contribution is -2.26. The van der Waals surface area contributed by atoms with Gasteiger partial charge in [0, 0.05) is 6.04 Å². The van der Waals surface area contributed by atoms with Gasteiger partial charge in [-0.05, 0) is 25.1 Å². The number of nitrogens with one attached hydrogen (secondary N) is 2. The zero-order valence-electron chi connectivity index (χ0n) is 11.6. The van der Waals surface area contributed by atoms with E-state index in [-0.39, 0.29) is 16.6 Å². The number of methoxy groups -OCH3 is 1. The minimum atomic E-state index is -3.45. The van der Waals surface area contributed by atoms with E-state index in [2.05, 4.69) is 20.0 Å². The van der Waals surface area contributed by atoms with Gasteiger partial charge in [0.05, 0.1) is 28.8 Å². The number of ether oxygens (including phenoxy) is 1. The first-order valence-electron chi connectivity index (χ1n) is 6.15. The van der Waals surface area contributed by atoms with Crippen molar-refractivity contribution >= 4 is 32.9 Å². The van der Waals surface area contributed by atoms with Gasteiger partial charge in [0.1, 0.15) is 0 Å². The van der Waals surface area contributed by atoms with Crippen LogP contribution < -0.4 is 11.1 Å². The minimum Gasteiger partial charge on any atom is -0.453 e. The lowest BCUT2D eigenvalue weighted by atomic mass is 10.3. The lowest BCUT2D eigenvalue weighted by Gasteiger charge is -2.06. The van der Waals surface area contributed by atoms with Gasteiger partial charge < -0.3 is 15.5 Å². The summed E-state index contributed by atoms with van der Waals surface area (Å²) in [6.07, 6.45) is -0.668. The summed E-state index contributed by atoms with van der Waals surface area (Å²) in [5, 5.41) is 2.37. The molecular formula is C12H16N4O4S. The molecule has 1 amide bonds. The van der Waals surface area contributed by atoms with E-state index in [4.69, 9.17) is 5.73 Å². The fourth-order valence-corrected chi connectivity index (χ4v) is 3.29. The van der Waals surface area contributed by atoms with Crippen LogP contribution in [0.15, 0.2) is 23.1 Å². The molecule has 0 spiro atoms. The normalized spacial score (nSPS) is 13.1. The topological polar surface area (TPSA) is 127 Å². The fourth-order valence-electron chi connectivity index (χ4n) is 1.83. The number of benzene rings is 1. The number of fused-ring (bicyclic) bond motifs is 1. The van der Waals surface area contributed by atoms with E-state index in [0.717, 1.165) is 0 Å². The van der Waals surface area contributed by atoms with Crippen LogP contribution in [-0.4, -0.2) is 43.4 Å². The molecule has 8 nitrogen and oxygen atoms in total. The Morgan fingerprint density at radius 1 is 1.52 bits per heavy atom. The number of sulfone groups is 1. The maximum absolute atomic E-state index is 12.1. The van der Waals surface area contributed by atoms with Crippen molar-refractivity contribution in [3.8, 4) is 0 Å². The number of rotatable bonds is 4. The van der Waals surface area contributed by atoms with Crippen molar-refractivity contribution in [1.29, 1.82) is 0 Å². The molecule has 0 saturated heterocycles. The maximum Gasteiger partial charge on any atom is 0.413 e. The first kappa shape index (κ1) is 15.3. The molecule has 0 bridgehead atoms. The first-order valence-corrected chi connectivity index (χ1v) is 7.80. The summed E-state index contributed by atoms with van der Waals surface area (Å²) < 4.78 is 28.7. The highest BCUT2D eigenvalue weighted by atomic mass is 32.2. The lowest BCUT2D eigenvalue weighted by molar-refractivity contribution is 0.186. The van der Waals surface area contributed by atoms with Crippen LogP contribution in [0.2, 0.25) is 0 Å². The number of nitrogens with two attached hydrogens (primary N) is 1. The number of hydrogen-bond acceptors (Lipinski definition) is 6. The van der Waals surface area contributed by atoms with Crippen molar-refractivity contribution in [1.82, 2.24) is 9.97 Å². The Balaban J connectivity index is 2.36. The summed E-state index contributed by atoms with van der Waals surface area (Å²) in [7, 11) is -2.22. The van der Waals surface area contributed by atoms with Crippen LogP contribution in [0.25, 0.3) is 11.0 Å². The third-order valence-electron chi connectivity index (χ3n) is 2.70. The summed E-state index contributed by atoms with van der Waals surface area (Å²) >= 11 is 0. The summed E-state index contributed by atoms with van der Waals surface area (Å²) in [4.78, 5) is 18.2. The highest BCUT2D eigenvalue weighted by Gasteiger charge is 2.18. The Labute approximate surface area is 121 Å². The zero-order chi connectivity index (χ0) is 15.6. The predicted octanol–water partition coefficient (Wildman–Crippen LogP) is 0.862. The maximum atomic E-state index is 12.1. The molecule has 114 valence electrons. The van der Waals surface area contributed by atoms with Crippen LogP contribution in [0, 0.1) is 0 Å². The second kappa shape index (κ2) is 5.70. The zero-order valence-corrected chi connectivity index (χ0v) is 12.4. The number of amides is 1. The minimum absolute atomic E-state index is 0.139. The smallest absolute Gasteiger partial charge is 0.413 e. The molecule has 21 heavy (non-hydrogen) atoms. The number of aromatic nitrogens is 2. The molecule has 1 aromatic carbocycles. The predicted molar refractivity (Wildman–Crippen MR) is 77.8 cm³/mol. The molecule has 1 heterocycles. The van der Waals surface area contributed by atoms with Crippen LogP contribution >= 0.6 is 0 Å². The quantitative estimate of drug-likeness (QED) is 0.768. The Morgan fingerprint density at radius 3 is 2.86 bits per heavy atom. The van der Waals surface area contributed by atoms with E-state index in [9.17, 15) is 13.2 Å². The molecule has 0 saturated carbocycles. The molecule has 0 aliphatic rings. The van der Waals surface area contributed by atoms with E-state index in [1.54, 1.807) is 13.0 Å². The molecule has 2 aromatic rings. The van der Waals surface area contributed by atoms with E-state index in [0.29, 0.717) is 11.0 Å². The molecule has 9 heteroatoms. The summed E-state index contributed by atoms with van der Waals surface area (Å²) in [5.41, 5.74) is 6.56. The van der Waals surface area contributed by atoms with Crippen molar-refractivity contribution in [2.45, 2.75) is 17.9 Å². The third-order valence-corrected chi connectivity index (χ3v) is 4.64. The number of aromatic amines is 1. The number of imidazole rings is 1. The number of carbonyl (C=O) groups excluding carboxylic acids is 1. The third kappa shape index (κ3) is 3.50. The van der Waals surface area contributed by atoms with Crippen molar-refractivity contribution in [3.05, 3.63) is 18.2 Å². The first-order chi connectivity index (χ1) is 9.81. The largest absolute Gasteiger partial charge is 0.453 e. The van der Waals surface area contributed by atoms with Crippen LogP contribution in [0.3, 0.4) is 0 Å². The summed E-state index contributed by atoms with van der Waals surface area (Å²) in [6, 6.07) is 4.03. The number of anilines is 1. The van der Waals surface area contributed by atoms with Crippen molar-refractivity contribution < 1.29 is 17.9 Å². The standard InChI is InChI=1S/C12H16N4O4S/c1-7(13)6-21(18,19)8-3-4-9-10(5-8)15-11(14-9)16-12(17)20-2/h3-5,7H,6,13H2,1-2H3,(H2,14,15,16,17). The van der Waals surface area contributed by atoms with Crippen molar-refractivity contribution in [2.24, 2.45) is 5.73 Å². The van der Waals surface area contributed by atoms with Crippen LogP contribution in [0.5, 0.6) is 0 Å². The van der Waals surface area contributed by atoms with Gasteiger partial charge >= 0.3 is 6.09 Å². The van der Waals surface area contributed by atoms with Gasteiger partial charge in [0.2, 0.25) is 5.95 Å². The summed E-state index contributed by atoms with van der Waals surface area (Å²) in [5.74, 6) is 0.0403. The molecule has 2 rings (SSSR count). The average Bonchev–Trinajstić information content (AvgIpc) is 2.78. The molecule has 0 fully saturated rings. The van der Waals surface area contributed by atoms with Crippen molar-refractivity contribution in [3.63, 3.8) is 0 Å². The van der Waals surface area contributed by atoms with Crippen molar-refractivity contribution in [2.75, 3.05) is 18.2 Å². The van der Waals surface area contributed by atoms with Gasteiger partial charge in [-0.15, -0.1) is 0 Å². The van der Waals surface area contributed by atoms with Gasteiger partial charge in [-0.1, -0.05) is 0 Å². The Kier molecular flexibility index (Phi) is 4.14. The monoisotopic (exact) mass is 312 g/mol. The molecule has 0 radical (unpaired) electrons. The molecule has 0 aliphatic carbocycles. The van der Waals surface area contributed by atoms with Gasteiger partial charge in [0.25, 0.3) is 0 Å². The summed E-state index contributed by atoms with van der Waals surface area (Å²) in [6.45, 7) is 1.63. The van der Waals surface area contributed by atoms with E-state index < -0.39 is 22.0 Å². The number of hydrogen-bond donors (Lipinski definition) is 3. The van der Waals surface area contributed by atoms with E-state index in [1.165, 1.54) is 19.2 Å². The number of nitrogens with zero attached hydrogens (tertiary/aromatic N) is 1. The number of carbonyl (C=O) groups is 1. The average molecular weight is 312 g/mol. The van der Waals surface area contributed by atoms with Gasteiger partial charge in [-0.3, -0.25) is 5.32 Å². The molecule has 0 aliphatic heterocycles. The molecule has 1 atom stereocenters. The molecular weight excluding hydrogens is 296 g/mol. The van der Waals surface area contributed by atoms with Crippen LogP contribution in [-0.2, 0) is 14.6 Å². The van der Waals surface area contributed by atoms with E-state index in [1.807, 2.05) is 0 Å². The molecule has 1 aromatic heterocycles. The van der Waals surface area contributed by atoms with E-state index >= 15 is 0 Å². The van der Waals surface area contributed by atoms with Crippen LogP contribution in [0.1, 0.15) is 6.92 Å². The fraction of sp³-hybridized carbons (Fsp3) is 0.333. The van der Waals surface area contributed by atoms with Gasteiger partial charge in [-0.25, -0.2) is 18.2 Å². The second-order valence-electron chi connectivity index (χ2n) is 4.64.